The molecular weight excluding hydrogens is 212 g/mol. The third-order valence-corrected chi connectivity index (χ3v) is 3.31. The standard InChI is InChI=1S/C13H32N4/c1-14(2)12(15(3)4)10-9-11-13(16(5)6)17(7)8/h12-13H,9-11H2,1-8H3. The smallest absolute Gasteiger partial charge is 0.0612 e. The fourth-order valence-corrected chi connectivity index (χ4v) is 2.44. The monoisotopic (exact) mass is 244 g/mol. The molecule has 0 bridgehead atoms. The molecule has 0 aromatic heterocycles. The summed E-state index contributed by atoms with van der Waals surface area (Å²) in [5.41, 5.74) is 0. The van der Waals surface area contributed by atoms with Gasteiger partial charge in [-0.05, 0) is 75.6 Å². The van der Waals surface area contributed by atoms with Crippen LogP contribution in [0.15, 0.2) is 0 Å². The maximum atomic E-state index is 2.29. The third-order valence-electron chi connectivity index (χ3n) is 3.31. The van der Waals surface area contributed by atoms with Gasteiger partial charge in [-0.2, -0.15) is 0 Å². The van der Waals surface area contributed by atoms with Crippen molar-refractivity contribution in [3.05, 3.63) is 0 Å². The predicted octanol–water partition coefficient (Wildman–Crippen LogP) is 1.06. The average molecular weight is 244 g/mol. The van der Waals surface area contributed by atoms with Crippen LogP contribution < -0.4 is 0 Å². The molecule has 0 spiro atoms. The van der Waals surface area contributed by atoms with E-state index in [0.29, 0.717) is 12.3 Å². The van der Waals surface area contributed by atoms with Gasteiger partial charge < -0.3 is 0 Å². The minimum Gasteiger partial charge on any atom is -0.294 e. The molecule has 0 unspecified atom stereocenters. The minimum atomic E-state index is 0.542. The molecule has 0 N–H and O–H groups in total. The van der Waals surface area contributed by atoms with E-state index < -0.39 is 0 Å². The van der Waals surface area contributed by atoms with Gasteiger partial charge in [-0.3, -0.25) is 19.6 Å². The Balaban J connectivity index is 4.10. The van der Waals surface area contributed by atoms with Gasteiger partial charge in [0.25, 0.3) is 0 Å². The Hall–Kier alpha value is -0.160. The van der Waals surface area contributed by atoms with Gasteiger partial charge in [-0.15, -0.1) is 0 Å². The van der Waals surface area contributed by atoms with Gasteiger partial charge in [-0.25, -0.2) is 0 Å². The van der Waals surface area contributed by atoms with Crippen molar-refractivity contribution in [2.24, 2.45) is 0 Å². The van der Waals surface area contributed by atoms with Gasteiger partial charge in [0, 0.05) is 0 Å². The van der Waals surface area contributed by atoms with Crippen molar-refractivity contribution in [3.8, 4) is 0 Å². The molecule has 0 aliphatic heterocycles. The Morgan fingerprint density at radius 3 is 0.941 bits per heavy atom. The zero-order valence-corrected chi connectivity index (χ0v) is 13.1. The van der Waals surface area contributed by atoms with E-state index in [4.69, 9.17) is 0 Å². The molecule has 4 heteroatoms. The number of nitrogens with zero attached hydrogens (tertiary/aromatic N) is 4. The van der Waals surface area contributed by atoms with E-state index in [1.54, 1.807) is 0 Å². The maximum Gasteiger partial charge on any atom is 0.0612 e. The molecule has 0 aromatic carbocycles. The number of hydrogen-bond donors (Lipinski definition) is 0. The summed E-state index contributed by atoms with van der Waals surface area (Å²) in [5, 5.41) is 0. The first-order valence-corrected chi connectivity index (χ1v) is 6.43. The van der Waals surface area contributed by atoms with E-state index in [-0.39, 0.29) is 0 Å². The third kappa shape index (κ3) is 6.36. The molecule has 0 radical (unpaired) electrons. The van der Waals surface area contributed by atoms with Crippen LogP contribution in [0.3, 0.4) is 0 Å². The Bertz CT molecular complexity index is 154. The molecule has 0 atom stereocenters. The average Bonchev–Trinajstić information content (AvgIpc) is 2.14. The van der Waals surface area contributed by atoms with Crippen LogP contribution in [-0.4, -0.2) is 88.3 Å². The van der Waals surface area contributed by atoms with E-state index in [2.05, 4.69) is 76.0 Å². The first-order chi connectivity index (χ1) is 7.77. The molecule has 0 amide bonds. The Labute approximate surface area is 108 Å². The lowest BCUT2D eigenvalue weighted by Gasteiger charge is -2.33. The molecule has 0 heterocycles. The van der Waals surface area contributed by atoms with Crippen LogP contribution in [0.4, 0.5) is 0 Å². The summed E-state index contributed by atoms with van der Waals surface area (Å²) in [6, 6.07) is 0. The summed E-state index contributed by atoms with van der Waals surface area (Å²) in [6.07, 6.45) is 4.78. The van der Waals surface area contributed by atoms with E-state index in [0.717, 1.165) is 0 Å². The lowest BCUT2D eigenvalue weighted by atomic mass is 10.1. The lowest BCUT2D eigenvalue weighted by Crippen LogP contribution is -2.42. The van der Waals surface area contributed by atoms with Gasteiger partial charge in [-0.1, -0.05) is 0 Å². The fourth-order valence-electron chi connectivity index (χ4n) is 2.44. The zero-order chi connectivity index (χ0) is 13.6. The zero-order valence-electron chi connectivity index (χ0n) is 13.1. The molecular formula is C13H32N4. The molecule has 17 heavy (non-hydrogen) atoms. The summed E-state index contributed by atoms with van der Waals surface area (Å²) in [6.45, 7) is 0. The van der Waals surface area contributed by atoms with Crippen molar-refractivity contribution < 1.29 is 0 Å². The van der Waals surface area contributed by atoms with Crippen LogP contribution >= 0.6 is 0 Å². The highest BCUT2D eigenvalue weighted by molar-refractivity contribution is 4.67. The number of hydrogen-bond acceptors (Lipinski definition) is 4. The summed E-state index contributed by atoms with van der Waals surface area (Å²) in [4.78, 5) is 9.17. The molecule has 0 fully saturated rings. The highest BCUT2D eigenvalue weighted by atomic mass is 15.3. The predicted molar refractivity (Wildman–Crippen MR) is 76.2 cm³/mol. The largest absolute Gasteiger partial charge is 0.294 e. The maximum absolute atomic E-state index is 2.29. The second-order valence-electron chi connectivity index (χ2n) is 5.75. The molecule has 4 nitrogen and oxygen atoms in total. The Kier molecular flexibility index (Phi) is 7.96. The summed E-state index contributed by atoms with van der Waals surface area (Å²) in [7, 11) is 17.2. The highest BCUT2D eigenvalue weighted by Gasteiger charge is 2.17. The summed E-state index contributed by atoms with van der Waals surface area (Å²) >= 11 is 0. The van der Waals surface area contributed by atoms with Crippen molar-refractivity contribution in [3.63, 3.8) is 0 Å². The number of rotatable bonds is 8. The van der Waals surface area contributed by atoms with Crippen LogP contribution in [0.25, 0.3) is 0 Å². The lowest BCUT2D eigenvalue weighted by molar-refractivity contribution is 0.0926. The normalized spacial score (nSPS) is 13.1. The second kappa shape index (κ2) is 8.03. The van der Waals surface area contributed by atoms with Crippen molar-refractivity contribution in [2.45, 2.75) is 31.6 Å². The van der Waals surface area contributed by atoms with E-state index in [9.17, 15) is 0 Å². The van der Waals surface area contributed by atoms with Crippen molar-refractivity contribution >= 4 is 0 Å². The molecule has 0 rings (SSSR count). The first kappa shape index (κ1) is 16.8. The quantitative estimate of drug-likeness (QED) is 0.592. The van der Waals surface area contributed by atoms with Crippen molar-refractivity contribution in [1.82, 2.24) is 19.6 Å². The molecule has 0 aliphatic carbocycles. The summed E-state index contributed by atoms with van der Waals surface area (Å²) < 4.78 is 0. The molecule has 0 saturated heterocycles. The summed E-state index contributed by atoms with van der Waals surface area (Å²) in [5.74, 6) is 0. The van der Waals surface area contributed by atoms with Crippen LogP contribution in [0.1, 0.15) is 19.3 Å². The molecule has 0 aliphatic rings. The van der Waals surface area contributed by atoms with Gasteiger partial charge in [0.05, 0.1) is 12.3 Å². The molecule has 104 valence electrons. The van der Waals surface area contributed by atoms with Gasteiger partial charge in [0.2, 0.25) is 0 Å². The van der Waals surface area contributed by atoms with Crippen molar-refractivity contribution in [2.75, 3.05) is 56.4 Å². The van der Waals surface area contributed by atoms with Gasteiger partial charge >= 0.3 is 0 Å². The SMILES string of the molecule is CN(C)C(CCCC(N(C)C)N(C)C)N(C)C. The van der Waals surface area contributed by atoms with Crippen LogP contribution in [0, 0.1) is 0 Å². The van der Waals surface area contributed by atoms with Crippen LogP contribution in [0.5, 0.6) is 0 Å². The van der Waals surface area contributed by atoms with Gasteiger partial charge in [0.1, 0.15) is 0 Å². The second-order valence-corrected chi connectivity index (χ2v) is 5.75. The highest BCUT2D eigenvalue weighted by Crippen LogP contribution is 2.12. The molecule has 0 saturated carbocycles. The van der Waals surface area contributed by atoms with E-state index in [1.165, 1.54) is 19.3 Å². The van der Waals surface area contributed by atoms with Crippen molar-refractivity contribution in [1.29, 1.82) is 0 Å². The first-order valence-electron chi connectivity index (χ1n) is 6.43. The van der Waals surface area contributed by atoms with Crippen LogP contribution in [-0.2, 0) is 0 Å². The van der Waals surface area contributed by atoms with Crippen LogP contribution in [0.2, 0.25) is 0 Å². The Morgan fingerprint density at radius 2 is 0.765 bits per heavy atom. The minimum absolute atomic E-state index is 0.542. The topological polar surface area (TPSA) is 13.0 Å². The Morgan fingerprint density at radius 1 is 0.529 bits per heavy atom. The van der Waals surface area contributed by atoms with E-state index in [1.807, 2.05) is 0 Å². The van der Waals surface area contributed by atoms with E-state index >= 15 is 0 Å². The molecule has 0 aromatic rings. The fraction of sp³-hybridized carbons (Fsp3) is 1.00. The van der Waals surface area contributed by atoms with Gasteiger partial charge in [0.15, 0.2) is 0 Å².